The van der Waals surface area contributed by atoms with E-state index in [1.165, 1.54) is 32.5 Å². The third kappa shape index (κ3) is 3.76. The Kier molecular flexibility index (Phi) is 5.62. The molecule has 0 saturated carbocycles. The fourth-order valence-electron chi connectivity index (χ4n) is 2.77. The first-order chi connectivity index (χ1) is 7.19. The first-order valence-corrected chi connectivity index (χ1v) is 6.63. The lowest BCUT2D eigenvalue weighted by molar-refractivity contribution is 0.144. The second kappa shape index (κ2) is 6.49. The van der Waals surface area contributed by atoms with E-state index >= 15 is 0 Å². The molecule has 0 aromatic rings. The molecule has 0 spiro atoms. The van der Waals surface area contributed by atoms with Crippen molar-refractivity contribution in [3.63, 3.8) is 0 Å². The van der Waals surface area contributed by atoms with Crippen LogP contribution >= 0.6 is 0 Å². The van der Waals surface area contributed by atoms with Gasteiger partial charge in [0, 0.05) is 25.7 Å². The highest BCUT2D eigenvalue weighted by Gasteiger charge is 2.23. The summed E-state index contributed by atoms with van der Waals surface area (Å²) in [5, 5.41) is 3.52. The molecule has 0 aliphatic carbocycles. The summed E-state index contributed by atoms with van der Waals surface area (Å²) in [7, 11) is 0. The van der Waals surface area contributed by atoms with Gasteiger partial charge in [-0.15, -0.1) is 0 Å². The molecule has 90 valence electrons. The van der Waals surface area contributed by atoms with E-state index in [0.29, 0.717) is 0 Å². The summed E-state index contributed by atoms with van der Waals surface area (Å²) in [6, 6.07) is 0.752. The third-order valence-corrected chi connectivity index (χ3v) is 3.92. The van der Waals surface area contributed by atoms with E-state index < -0.39 is 0 Å². The molecule has 1 fully saturated rings. The number of hydrogen-bond acceptors (Lipinski definition) is 2. The summed E-state index contributed by atoms with van der Waals surface area (Å²) in [6.45, 7) is 14.3. The van der Waals surface area contributed by atoms with Gasteiger partial charge in [0.25, 0.3) is 0 Å². The molecule has 2 atom stereocenters. The minimum atomic E-state index is 0.752. The van der Waals surface area contributed by atoms with Crippen LogP contribution in [0.1, 0.15) is 40.5 Å². The zero-order valence-corrected chi connectivity index (χ0v) is 10.9. The average molecular weight is 212 g/mol. The lowest BCUT2D eigenvalue weighted by Crippen LogP contribution is -2.41. The van der Waals surface area contributed by atoms with E-state index in [0.717, 1.165) is 24.4 Å². The molecule has 2 nitrogen and oxygen atoms in total. The highest BCUT2D eigenvalue weighted by atomic mass is 15.2. The Morgan fingerprint density at radius 1 is 1.33 bits per heavy atom. The van der Waals surface area contributed by atoms with Gasteiger partial charge in [0.05, 0.1) is 0 Å². The number of nitrogens with zero attached hydrogens (tertiary/aromatic N) is 1. The lowest BCUT2D eigenvalue weighted by atomic mass is 9.93. The molecular formula is C13H28N2. The van der Waals surface area contributed by atoms with Crippen LogP contribution in [0.5, 0.6) is 0 Å². The standard InChI is InChI=1S/C13H28N2/c1-5-13(6-2)12(4)15-8-7-14-9-11(3)10-15/h11-14H,5-10H2,1-4H3. The van der Waals surface area contributed by atoms with Crippen LogP contribution in [0, 0.1) is 11.8 Å². The molecule has 15 heavy (non-hydrogen) atoms. The van der Waals surface area contributed by atoms with Crippen molar-refractivity contribution in [2.24, 2.45) is 11.8 Å². The lowest BCUT2D eigenvalue weighted by Gasteiger charge is -2.34. The van der Waals surface area contributed by atoms with Gasteiger partial charge in [0.2, 0.25) is 0 Å². The fraction of sp³-hybridized carbons (Fsp3) is 1.00. The van der Waals surface area contributed by atoms with Crippen LogP contribution < -0.4 is 5.32 Å². The average Bonchev–Trinajstić information content (AvgIpc) is 2.44. The molecule has 1 saturated heterocycles. The van der Waals surface area contributed by atoms with Crippen LogP contribution in [0.4, 0.5) is 0 Å². The van der Waals surface area contributed by atoms with Gasteiger partial charge in [-0.3, -0.25) is 4.90 Å². The minimum absolute atomic E-state index is 0.752. The highest BCUT2D eigenvalue weighted by Crippen LogP contribution is 2.19. The summed E-state index contributed by atoms with van der Waals surface area (Å²) in [5.41, 5.74) is 0. The topological polar surface area (TPSA) is 15.3 Å². The van der Waals surface area contributed by atoms with Gasteiger partial charge in [-0.1, -0.05) is 33.6 Å². The zero-order chi connectivity index (χ0) is 11.3. The van der Waals surface area contributed by atoms with Crippen LogP contribution in [-0.2, 0) is 0 Å². The molecule has 0 radical (unpaired) electrons. The molecule has 1 heterocycles. The molecule has 0 amide bonds. The number of nitrogens with one attached hydrogen (secondary N) is 1. The van der Waals surface area contributed by atoms with Gasteiger partial charge >= 0.3 is 0 Å². The maximum absolute atomic E-state index is 3.52. The summed E-state index contributed by atoms with van der Waals surface area (Å²) in [4.78, 5) is 2.68. The van der Waals surface area contributed by atoms with Crippen LogP contribution in [0.15, 0.2) is 0 Å². The monoisotopic (exact) mass is 212 g/mol. The molecule has 0 aromatic carbocycles. The van der Waals surface area contributed by atoms with Crippen LogP contribution in [0.3, 0.4) is 0 Å². The van der Waals surface area contributed by atoms with Crippen LogP contribution in [0.25, 0.3) is 0 Å². The van der Waals surface area contributed by atoms with E-state index in [1.807, 2.05) is 0 Å². The third-order valence-electron chi connectivity index (χ3n) is 3.92. The predicted octanol–water partition coefficient (Wildman–Crippen LogP) is 2.35. The first-order valence-electron chi connectivity index (χ1n) is 6.63. The van der Waals surface area contributed by atoms with E-state index in [2.05, 4.69) is 37.9 Å². The summed E-state index contributed by atoms with van der Waals surface area (Å²) in [6.07, 6.45) is 2.63. The van der Waals surface area contributed by atoms with Crippen molar-refractivity contribution in [2.75, 3.05) is 26.2 Å². The van der Waals surface area contributed by atoms with Gasteiger partial charge < -0.3 is 5.32 Å². The zero-order valence-electron chi connectivity index (χ0n) is 10.9. The molecule has 1 rings (SSSR count). The SMILES string of the molecule is CCC(CC)C(C)N1CCNCC(C)C1. The second-order valence-electron chi connectivity index (χ2n) is 5.12. The van der Waals surface area contributed by atoms with Crippen molar-refractivity contribution < 1.29 is 0 Å². The summed E-state index contributed by atoms with van der Waals surface area (Å²) in [5.74, 6) is 1.67. The van der Waals surface area contributed by atoms with Crippen LogP contribution in [-0.4, -0.2) is 37.1 Å². The van der Waals surface area contributed by atoms with Crippen molar-refractivity contribution in [2.45, 2.75) is 46.6 Å². The van der Waals surface area contributed by atoms with Gasteiger partial charge in [0.15, 0.2) is 0 Å². The molecule has 1 N–H and O–H groups in total. The maximum atomic E-state index is 3.52. The number of rotatable bonds is 4. The van der Waals surface area contributed by atoms with Gasteiger partial charge in [-0.2, -0.15) is 0 Å². The van der Waals surface area contributed by atoms with Crippen molar-refractivity contribution in [1.82, 2.24) is 10.2 Å². The highest BCUT2D eigenvalue weighted by molar-refractivity contribution is 4.79. The van der Waals surface area contributed by atoms with E-state index in [-0.39, 0.29) is 0 Å². The Labute approximate surface area is 95.4 Å². The Hall–Kier alpha value is -0.0800. The Bertz CT molecular complexity index is 166. The van der Waals surface area contributed by atoms with Gasteiger partial charge in [-0.05, 0) is 25.3 Å². The predicted molar refractivity (Wildman–Crippen MR) is 67.1 cm³/mol. The van der Waals surface area contributed by atoms with E-state index in [4.69, 9.17) is 0 Å². The molecule has 2 unspecified atom stereocenters. The van der Waals surface area contributed by atoms with Crippen molar-refractivity contribution >= 4 is 0 Å². The smallest absolute Gasteiger partial charge is 0.0110 e. The quantitative estimate of drug-likeness (QED) is 0.769. The van der Waals surface area contributed by atoms with Gasteiger partial charge in [-0.25, -0.2) is 0 Å². The molecule has 1 aliphatic heterocycles. The molecule has 2 heteroatoms. The summed E-state index contributed by atoms with van der Waals surface area (Å²) < 4.78 is 0. The van der Waals surface area contributed by atoms with E-state index in [1.54, 1.807) is 0 Å². The Balaban J connectivity index is 2.51. The van der Waals surface area contributed by atoms with Crippen LogP contribution in [0.2, 0.25) is 0 Å². The second-order valence-corrected chi connectivity index (χ2v) is 5.12. The van der Waals surface area contributed by atoms with E-state index in [9.17, 15) is 0 Å². The molecular weight excluding hydrogens is 184 g/mol. The summed E-state index contributed by atoms with van der Waals surface area (Å²) >= 11 is 0. The first kappa shape index (κ1) is 13.0. The molecule has 0 bridgehead atoms. The fourth-order valence-corrected chi connectivity index (χ4v) is 2.77. The Morgan fingerprint density at radius 2 is 2.00 bits per heavy atom. The number of hydrogen-bond donors (Lipinski definition) is 1. The van der Waals surface area contributed by atoms with Crippen molar-refractivity contribution in [3.8, 4) is 0 Å². The molecule has 0 aromatic heterocycles. The largest absolute Gasteiger partial charge is 0.315 e. The molecule has 1 aliphatic rings. The van der Waals surface area contributed by atoms with Crippen molar-refractivity contribution in [3.05, 3.63) is 0 Å². The maximum Gasteiger partial charge on any atom is 0.0110 e. The Morgan fingerprint density at radius 3 is 2.60 bits per heavy atom. The minimum Gasteiger partial charge on any atom is -0.315 e. The normalized spacial score (nSPS) is 26.6. The van der Waals surface area contributed by atoms with Crippen molar-refractivity contribution in [1.29, 1.82) is 0 Å². The van der Waals surface area contributed by atoms with Gasteiger partial charge in [0.1, 0.15) is 0 Å².